The highest BCUT2D eigenvalue weighted by atomic mass is 32.2. The molecule has 27 heavy (non-hydrogen) atoms. The first-order valence-electron chi connectivity index (χ1n) is 8.33. The summed E-state index contributed by atoms with van der Waals surface area (Å²) in [5.74, 6) is 5.86. The van der Waals surface area contributed by atoms with Crippen LogP contribution in [0.1, 0.15) is 18.4 Å². The number of hydrogen-bond donors (Lipinski definition) is 2. The number of benzene rings is 2. The van der Waals surface area contributed by atoms with Gasteiger partial charge in [-0.1, -0.05) is 54.3 Å². The first-order chi connectivity index (χ1) is 12.9. The topological polar surface area (TPSA) is 89.3 Å². The summed E-state index contributed by atoms with van der Waals surface area (Å²) in [7, 11) is -3.92. The van der Waals surface area contributed by atoms with E-state index in [0.29, 0.717) is 18.4 Å². The Balaban J connectivity index is 1.74. The Hall–Kier alpha value is -3.14. The van der Waals surface area contributed by atoms with E-state index in [9.17, 15) is 13.2 Å². The van der Waals surface area contributed by atoms with Gasteiger partial charge in [0.25, 0.3) is 5.91 Å². The molecular weight excluding hydrogens is 360 g/mol. The molecule has 5 nitrogen and oxygen atoms in total. The molecule has 3 rings (SSSR count). The molecule has 1 aliphatic carbocycles. The fourth-order valence-corrected chi connectivity index (χ4v) is 3.32. The van der Waals surface area contributed by atoms with Crippen molar-refractivity contribution in [1.29, 1.82) is 0 Å². The van der Waals surface area contributed by atoms with Gasteiger partial charge in [0.1, 0.15) is 4.90 Å². The first kappa shape index (κ1) is 18.6. The smallest absolute Gasteiger partial charge is 0.251 e. The number of carbonyl (C=O) groups is 1. The lowest BCUT2D eigenvalue weighted by Gasteiger charge is -2.13. The van der Waals surface area contributed by atoms with E-state index in [1.807, 2.05) is 36.4 Å². The van der Waals surface area contributed by atoms with E-state index in [0.717, 1.165) is 11.1 Å². The maximum absolute atomic E-state index is 12.5. The van der Waals surface area contributed by atoms with Gasteiger partial charge in [-0.25, -0.2) is 13.6 Å². The number of hydrogen-bond acceptors (Lipinski definition) is 3. The van der Waals surface area contributed by atoms with Crippen LogP contribution in [-0.4, -0.2) is 14.3 Å². The number of sulfonamides is 1. The molecule has 3 N–H and O–H groups in total. The second kappa shape index (κ2) is 8.04. The number of amides is 1. The summed E-state index contributed by atoms with van der Waals surface area (Å²) >= 11 is 0. The SMILES string of the molecule is NS(=O)(=O)c1ccccc1NC(=O)C1=CC=C(C#Cc2ccccc2)CC1. The highest BCUT2D eigenvalue weighted by molar-refractivity contribution is 7.89. The molecule has 0 saturated heterocycles. The maximum Gasteiger partial charge on any atom is 0.251 e. The number of anilines is 1. The zero-order valence-electron chi connectivity index (χ0n) is 14.5. The summed E-state index contributed by atoms with van der Waals surface area (Å²) in [6.45, 7) is 0. The van der Waals surface area contributed by atoms with Crippen LogP contribution in [0.25, 0.3) is 0 Å². The van der Waals surface area contributed by atoms with Crippen molar-refractivity contribution >= 4 is 21.6 Å². The molecule has 6 heteroatoms. The normalized spacial score (nSPS) is 13.7. The predicted octanol–water partition coefficient (Wildman–Crippen LogP) is 2.97. The molecule has 0 aliphatic heterocycles. The highest BCUT2D eigenvalue weighted by Crippen LogP contribution is 2.23. The van der Waals surface area contributed by atoms with Crippen molar-refractivity contribution in [2.45, 2.75) is 17.7 Å². The second-order valence-electron chi connectivity index (χ2n) is 6.00. The van der Waals surface area contributed by atoms with Gasteiger partial charge in [0.2, 0.25) is 10.0 Å². The summed E-state index contributed by atoms with van der Waals surface area (Å²) in [5.41, 5.74) is 2.61. The fourth-order valence-electron chi connectivity index (χ4n) is 2.63. The van der Waals surface area contributed by atoms with E-state index >= 15 is 0 Å². The van der Waals surface area contributed by atoms with E-state index in [2.05, 4.69) is 17.2 Å². The first-order valence-corrected chi connectivity index (χ1v) is 9.88. The van der Waals surface area contributed by atoms with Crippen LogP contribution >= 0.6 is 0 Å². The molecule has 0 bridgehead atoms. The number of para-hydroxylation sites is 1. The Bertz CT molecular complexity index is 1090. The number of nitrogens with two attached hydrogens (primary N) is 1. The molecule has 0 unspecified atom stereocenters. The molecule has 0 spiro atoms. The fraction of sp³-hybridized carbons (Fsp3) is 0.0952. The van der Waals surface area contributed by atoms with E-state index < -0.39 is 10.0 Å². The average molecular weight is 378 g/mol. The third-order valence-electron chi connectivity index (χ3n) is 4.02. The highest BCUT2D eigenvalue weighted by Gasteiger charge is 2.18. The zero-order valence-corrected chi connectivity index (χ0v) is 15.3. The number of carbonyl (C=O) groups excluding carboxylic acids is 1. The minimum atomic E-state index is -3.92. The molecule has 0 heterocycles. The van der Waals surface area contributed by atoms with Gasteiger partial charge in [0.15, 0.2) is 0 Å². The number of allylic oxidation sites excluding steroid dienone is 3. The van der Waals surface area contributed by atoms with Crippen molar-refractivity contribution in [1.82, 2.24) is 0 Å². The Morgan fingerprint density at radius 3 is 2.30 bits per heavy atom. The molecule has 0 radical (unpaired) electrons. The van der Waals surface area contributed by atoms with Gasteiger partial charge in [-0.2, -0.15) is 0 Å². The van der Waals surface area contributed by atoms with Crippen molar-refractivity contribution in [2.24, 2.45) is 5.14 Å². The predicted molar refractivity (Wildman–Crippen MR) is 105 cm³/mol. The van der Waals surface area contributed by atoms with Crippen LogP contribution in [0.4, 0.5) is 5.69 Å². The van der Waals surface area contributed by atoms with Gasteiger partial charge >= 0.3 is 0 Å². The van der Waals surface area contributed by atoms with Crippen molar-refractivity contribution in [3.05, 3.63) is 83.5 Å². The summed E-state index contributed by atoms with van der Waals surface area (Å²) < 4.78 is 23.3. The molecule has 0 fully saturated rings. The summed E-state index contributed by atoms with van der Waals surface area (Å²) in [6.07, 6.45) is 4.71. The quantitative estimate of drug-likeness (QED) is 0.805. The summed E-state index contributed by atoms with van der Waals surface area (Å²) in [6, 6.07) is 15.7. The van der Waals surface area contributed by atoms with Gasteiger partial charge in [-0.3, -0.25) is 4.79 Å². The van der Waals surface area contributed by atoms with E-state index in [1.54, 1.807) is 18.2 Å². The molecule has 136 valence electrons. The van der Waals surface area contributed by atoms with Crippen LogP contribution in [0, 0.1) is 11.8 Å². The minimum Gasteiger partial charge on any atom is -0.321 e. The average Bonchev–Trinajstić information content (AvgIpc) is 2.67. The van der Waals surface area contributed by atoms with Crippen LogP contribution in [0.15, 0.2) is 82.8 Å². The molecule has 0 atom stereocenters. The number of rotatable bonds is 3. The van der Waals surface area contributed by atoms with Gasteiger partial charge in [-0.05, 0) is 37.1 Å². The third kappa shape index (κ3) is 4.94. The molecule has 1 amide bonds. The van der Waals surface area contributed by atoms with Crippen molar-refractivity contribution in [3.8, 4) is 11.8 Å². The zero-order chi connectivity index (χ0) is 19.3. The lowest BCUT2D eigenvalue weighted by molar-refractivity contribution is -0.113. The Kier molecular flexibility index (Phi) is 5.55. The monoisotopic (exact) mass is 378 g/mol. The molecule has 2 aromatic carbocycles. The van der Waals surface area contributed by atoms with E-state index in [1.165, 1.54) is 12.1 Å². The van der Waals surface area contributed by atoms with Crippen molar-refractivity contribution in [2.75, 3.05) is 5.32 Å². The summed E-state index contributed by atoms with van der Waals surface area (Å²) in [4.78, 5) is 12.3. The number of nitrogens with one attached hydrogen (secondary N) is 1. The Morgan fingerprint density at radius 1 is 0.926 bits per heavy atom. The Labute approximate surface area is 158 Å². The van der Waals surface area contributed by atoms with Gasteiger partial charge in [0.05, 0.1) is 5.69 Å². The van der Waals surface area contributed by atoms with E-state index in [4.69, 9.17) is 5.14 Å². The van der Waals surface area contributed by atoms with Gasteiger partial charge in [0, 0.05) is 16.7 Å². The molecule has 1 aliphatic rings. The standard InChI is InChI=1S/C21H18N2O3S/c22-27(25,26)20-9-5-4-8-19(20)23-21(24)18-14-12-17(13-15-18)11-10-16-6-2-1-3-7-16/h1-9,12,14H,13,15H2,(H,23,24)(H2,22,25,26). The van der Waals surface area contributed by atoms with Crippen LogP contribution in [-0.2, 0) is 14.8 Å². The molecule has 0 saturated carbocycles. The maximum atomic E-state index is 12.5. The van der Waals surface area contributed by atoms with Crippen molar-refractivity contribution < 1.29 is 13.2 Å². The van der Waals surface area contributed by atoms with Crippen LogP contribution in [0.5, 0.6) is 0 Å². The number of primary sulfonamides is 1. The Morgan fingerprint density at radius 2 is 1.63 bits per heavy atom. The van der Waals surface area contributed by atoms with Crippen LogP contribution in [0.2, 0.25) is 0 Å². The summed E-state index contributed by atoms with van der Waals surface area (Å²) in [5, 5.41) is 7.82. The van der Waals surface area contributed by atoms with E-state index in [-0.39, 0.29) is 16.5 Å². The lowest BCUT2D eigenvalue weighted by Crippen LogP contribution is -2.20. The van der Waals surface area contributed by atoms with Gasteiger partial charge in [-0.15, -0.1) is 0 Å². The van der Waals surface area contributed by atoms with Gasteiger partial charge < -0.3 is 5.32 Å². The minimum absolute atomic E-state index is 0.111. The van der Waals surface area contributed by atoms with Crippen LogP contribution < -0.4 is 10.5 Å². The molecule has 0 aromatic heterocycles. The van der Waals surface area contributed by atoms with Crippen LogP contribution in [0.3, 0.4) is 0 Å². The lowest BCUT2D eigenvalue weighted by atomic mass is 9.98. The largest absolute Gasteiger partial charge is 0.321 e. The molecular formula is C21H18N2O3S. The second-order valence-corrected chi connectivity index (χ2v) is 7.52. The third-order valence-corrected chi connectivity index (χ3v) is 4.99. The molecule has 2 aromatic rings. The van der Waals surface area contributed by atoms with Crippen molar-refractivity contribution in [3.63, 3.8) is 0 Å².